The van der Waals surface area contributed by atoms with Gasteiger partial charge in [0.25, 0.3) is 0 Å². The first kappa shape index (κ1) is 15.4. The molecule has 112 valence electrons. The van der Waals surface area contributed by atoms with Crippen molar-refractivity contribution in [3.8, 4) is 0 Å². The van der Waals surface area contributed by atoms with E-state index < -0.39 is 0 Å². The number of rotatable bonds is 5. The van der Waals surface area contributed by atoms with Crippen molar-refractivity contribution < 1.29 is 4.79 Å². The molecule has 1 saturated heterocycles. The topological polar surface area (TPSA) is 45.2 Å². The number of likely N-dealkylation sites (tertiary alicyclic amines) is 1. The third kappa shape index (κ3) is 3.79. The molecule has 0 aliphatic carbocycles. The van der Waals surface area contributed by atoms with E-state index in [2.05, 4.69) is 29.0 Å². The van der Waals surface area contributed by atoms with Gasteiger partial charge >= 0.3 is 0 Å². The number of amides is 1. The molecular weight excluding hydrogens is 270 g/mol. The van der Waals surface area contributed by atoms with Crippen molar-refractivity contribution in [2.45, 2.75) is 52.5 Å². The van der Waals surface area contributed by atoms with Gasteiger partial charge in [-0.3, -0.25) is 9.69 Å². The van der Waals surface area contributed by atoms with Crippen molar-refractivity contribution in [1.29, 1.82) is 0 Å². The highest BCUT2D eigenvalue weighted by atomic mass is 32.1. The number of nitrogens with zero attached hydrogens (tertiary/aromatic N) is 2. The summed E-state index contributed by atoms with van der Waals surface area (Å²) in [5.74, 6) is 0.0791. The third-order valence-corrected chi connectivity index (χ3v) is 5.03. The Morgan fingerprint density at radius 2 is 2.20 bits per heavy atom. The van der Waals surface area contributed by atoms with Crippen LogP contribution in [0.2, 0.25) is 0 Å². The monoisotopic (exact) mass is 295 g/mol. The zero-order chi connectivity index (χ0) is 14.8. The maximum Gasteiger partial charge on any atom is 0.226 e. The predicted octanol–water partition coefficient (Wildman–Crippen LogP) is 2.29. The van der Waals surface area contributed by atoms with Crippen molar-refractivity contribution in [1.82, 2.24) is 15.2 Å². The quantitative estimate of drug-likeness (QED) is 0.906. The fraction of sp³-hybridized carbons (Fsp3) is 0.733. The molecule has 0 aromatic carbocycles. The van der Waals surface area contributed by atoms with Crippen LogP contribution in [-0.2, 0) is 11.2 Å². The van der Waals surface area contributed by atoms with Crippen LogP contribution in [0, 0.1) is 13.8 Å². The molecule has 0 unspecified atom stereocenters. The Balaban J connectivity index is 1.74. The third-order valence-electron chi connectivity index (χ3n) is 4.10. The average Bonchev–Trinajstić information content (AvgIpc) is 2.82. The lowest BCUT2D eigenvalue weighted by atomic mass is 10.0. The van der Waals surface area contributed by atoms with E-state index in [1.54, 1.807) is 11.3 Å². The lowest BCUT2D eigenvalue weighted by Gasteiger charge is -2.31. The molecule has 0 spiro atoms. The van der Waals surface area contributed by atoms with Crippen molar-refractivity contribution >= 4 is 17.2 Å². The number of aryl methyl sites for hydroxylation is 2. The Morgan fingerprint density at radius 1 is 1.45 bits per heavy atom. The van der Waals surface area contributed by atoms with Crippen LogP contribution in [0.4, 0.5) is 0 Å². The zero-order valence-electron chi connectivity index (χ0n) is 13.0. The van der Waals surface area contributed by atoms with Crippen molar-refractivity contribution in [3.63, 3.8) is 0 Å². The van der Waals surface area contributed by atoms with E-state index in [1.807, 2.05) is 13.8 Å². The Labute approximate surface area is 125 Å². The van der Waals surface area contributed by atoms with Gasteiger partial charge in [0.1, 0.15) is 0 Å². The smallest absolute Gasteiger partial charge is 0.226 e. The standard InChI is InChI=1S/C15H25N3OS/c1-11-13(17-12(2)20-11)10-14(19)16-7-9-18-8-5-6-15(18,3)4/h5-10H2,1-4H3,(H,16,19). The minimum absolute atomic E-state index is 0.0791. The number of carbonyl (C=O) groups is 1. The van der Waals surface area contributed by atoms with E-state index in [0.717, 1.165) is 35.2 Å². The van der Waals surface area contributed by atoms with Gasteiger partial charge in [-0.1, -0.05) is 0 Å². The Morgan fingerprint density at radius 3 is 2.75 bits per heavy atom. The predicted molar refractivity (Wildman–Crippen MR) is 83.2 cm³/mol. The fourth-order valence-electron chi connectivity index (χ4n) is 2.86. The second kappa shape index (κ2) is 6.22. The van der Waals surface area contributed by atoms with Gasteiger partial charge in [0, 0.05) is 23.5 Å². The molecule has 0 saturated carbocycles. The summed E-state index contributed by atoms with van der Waals surface area (Å²) < 4.78 is 0. The highest BCUT2D eigenvalue weighted by molar-refractivity contribution is 7.11. The van der Waals surface area contributed by atoms with Crippen LogP contribution in [0.5, 0.6) is 0 Å². The molecule has 1 fully saturated rings. The van der Waals surface area contributed by atoms with E-state index in [-0.39, 0.29) is 11.4 Å². The normalized spacial score (nSPS) is 18.4. The average molecular weight is 295 g/mol. The lowest BCUT2D eigenvalue weighted by Crippen LogP contribution is -2.43. The number of thiazole rings is 1. The van der Waals surface area contributed by atoms with Gasteiger partial charge in [0.2, 0.25) is 5.91 Å². The molecule has 5 heteroatoms. The fourth-order valence-corrected chi connectivity index (χ4v) is 3.69. The van der Waals surface area contributed by atoms with E-state index in [1.165, 1.54) is 12.8 Å². The van der Waals surface area contributed by atoms with Crippen LogP contribution in [0.15, 0.2) is 0 Å². The molecule has 1 N–H and O–H groups in total. The van der Waals surface area contributed by atoms with Crippen LogP contribution >= 0.6 is 11.3 Å². The van der Waals surface area contributed by atoms with Crippen LogP contribution in [0.3, 0.4) is 0 Å². The molecular formula is C15H25N3OS. The number of hydrogen-bond acceptors (Lipinski definition) is 4. The summed E-state index contributed by atoms with van der Waals surface area (Å²) >= 11 is 1.66. The first-order valence-corrected chi connectivity index (χ1v) is 8.15. The minimum Gasteiger partial charge on any atom is -0.354 e. The molecule has 0 radical (unpaired) electrons. The molecule has 0 atom stereocenters. The van der Waals surface area contributed by atoms with Gasteiger partial charge < -0.3 is 5.32 Å². The van der Waals surface area contributed by atoms with Gasteiger partial charge in [-0.25, -0.2) is 4.98 Å². The Bertz CT molecular complexity index is 481. The second-order valence-corrected chi connectivity index (χ2v) is 7.57. The molecule has 1 aliphatic rings. The molecule has 1 aromatic heterocycles. The van der Waals surface area contributed by atoms with E-state index in [4.69, 9.17) is 0 Å². The summed E-state index contributed by atoms with van der Waals surface area (Å²) in [7, 11) is 0. The maximum absolute atomic E-state index is 11.9. The van der Waals surface area contributed by atoms with Gasteiger partial charge in [-0.05, 0) is 47.1 Å². The molecule has 4 nitrogen and oxygen atoms in total. The van der Waals surface area contributed by atoms with Crippen LogP contribution < -0.4 is 5.32 Å². The molecule has 20 heavy (non-hydrogen) atoms. The van der Waals surface area contributed by atoms with E-state index >= 15 is 0 Å². The zero-order valence-corrected chi connectivity index (χ0v) is 13.8. The summed E-state index contributed by atoms with van der Waals surface area (Å²) in [6, 6.07) is 0. The van der Waals surface area contributed by atoms with E-state index in [0.29, 0.717) is 6.42 Å². The van der Waals surface area contributed by atoms with E-state index in [9.17, 15) is 4.79 Å². The number of hydrogen-bond donors (Lipinski definition) is 1. The number of carbonyl (C=O) groups excluding carboxylic acids is 1. The second-order valence-electron chi connectivity index (χ2n) is 6.17. The summed E-state index contributed by atoms with van der Waals surface area (Å²) in [6.45, 7) is 11.4. The first-order chi connectivity index (χ1) is 9.38. The number of aromatic nitrogens is 1. The van der Waals surface area contributed by atoms with Gasteiger partial charge in [-0.15, -0.1) is 11.3 Å². The summed E-state index contributed by atoms with van der Waals surface area (Å²) in [6.07, 6.45) is 2.91. The van der Waals surface area contributed by atoms with Crippen molar-refractivity contribution in [2.24, 2.45) is 0 Å². The molecule has 2 heterocycles. The Kier molecular flexibility index (Phi) is 4.81. The lowest BCUT2D eigenvalue weighted by molar-refractivity contribution is -0.120. The highest BCUT2D eigenvalue weighted by Crippen LogP contribution is 2.27. The highest BCUT2D eigenvalue weighted by Gasteiger charge is 2.31. The van der Waals surface area contributed by atoms with Crippen LogP contribution in [-0.4, -0.2) is 41.0 Å². The molecule has 1 aromatic rings. The summed E-state index contributed by atoms with van der Waals surface area (Å²) in [4.78, 5) is 20.0. The minimum atomic E-state index is 0.0791. The maximum atomic E-state index is 11.9. The number of nitrogens with one attached hydrogen (secondary N) is 1. The van der Waals surface area contributed by atoms with Gasteiger partial charge in [0.15, 0.2) is 0 Å². The van der Waals surface area contributed by atoms with Crippen molar-refractivity contribution in [2.75, 3.05) is 19.6 Å². The summed E-state index contributed by atoms with van der Waals surface area (Å²) in [5, 5.41) is 4.05. The van der Waals surface area contributed by atoms with Crippen LogP contribution in [0.1, 0.15) is 42.3 Å². The molecule has 1 aliphatic heterocycles. The Hall–Kier alpha value is -0.940. The molecule has 2 rings (SSSR count). The van der Waals surface area contributed by atoms with Crippen LogP contribution in [0.25, 0.3) is 0 Å². The molecule has 1 amide bonds. The largest absolute Gasteiger partial charge is 0.354 e. The summed E-state index contributed by atoms with van der Waals surface area (Å²) in [5.41, 5.74) is 1.21. The first-order valence-electron chi connectivity index (χ1n) is 7.33. The van der Waals surface area contributed by atoms with Gasteiger partial charge in [0.05, 0.1) is 17.1 Å². The van der Waals surface area contributed by atoms with Gasteiger partial charge in [-0.2, -0.15) is 0 Å². The molecule has 0 bridgehead atoms. The van der Waals surface area contributed by atoms with Crippen molar-refractivity contribution in [3.05, 3.63) is 15.6 Å². The SMILES string of the molecule is Cc1nc(CC(=O)NCCN2CCCC2(C)C)c(C)s1.